The second kappa shape index (κ2) is 3.76. The lowest BCUT2D eigenvalue weighted by molar-refractivity contribution is -0.322. The summed E-state index contributed by atoms with van der Waals surface area (Å²) in [6, 6.07) is -0.984. The summed E-state index contributed by atoms with van der Waals surface area (Å²) in [6.45, 7) is 1.64. The molecule has 0 aliphatic rings. The maximum absolute atomic E-state index is 8.27. The average Bonchev–Trinajstić information content (AvgIpc) is 1.62. The highest BCUT2D eigenvalue weighted by molar-refractivity contribution is 4.64. The van der Waals surface area contributed by atoms with E-state index in [1.807, 2.05) is 0 Å². The Balaban J connectivity index is 0. The zero-order valence-corrected chi connectivity index (χ0v) is 5.20. The van der Waals surface area contributed by atoms with Crippen molar-refractivity contribution in [3.05, 3.63) is 0 Å². The van der Waals surface area contributed by atoms with E-state index >= 15 is 0 Å². The van der Waals surface area contributed by atoms with Gasteiger partial charge < -0.3 is 26.5 Å². The van der Waals surface area contributed by atoms with Crippen molar-refractivity contribution >= 4 is 0 Å². The molecule has 0 rings (SSSR count). The Labute approximate surface area is 53.0 Å². The van der Waals surface area contributed by atoms with Crippen LogP contribution in [0.3, 0.4) is 0 Å². The van der Waals surface area contributed by atoms with E-state index in [0.29, 0.717) is 6.42 Å². The fraction of sp³-hybridized carbons (Fsp3) is 1.00. The smallest absolute Gasteiger partial charge is 0.291 e. The lowest BCUT2D eigenvalue weighted by Gasteiger charge is -2.19. The van der Waals surface area contributed by atoms with E-state index in [4.69, 9.17) is 21.1 Å². The fourth-order valence-corrected chi connectivity index (χ4v) is 0.274. The van der Waals surface area contributed by atoms with Crippen LogP contribution < -0.4 is 5.73 Å². The molecule has 0 amide bonds. The maximum atomic E-state index is 8.27. The van der Waals surface area contributed by atoms with Gasteiger partial charge in [-0.3, -0.25) is 0 Å². The molecule has 58 valence electrons. The van der Waals surface area contributed by atoms with Gasteiger partial charge in [0, 0.05) is 0 Å². The van der Waals surface area contributed by atoms with E-state index in [-0.39, 0.29) is 5.48 Å². The molecule has 1 unspecified atom stereocenters. The molecule has 5 nitrogen and oxygen atoms in total. The quantitative estimate of drug-likeness (QED) is 0.317. The molecular weight excluding hydrogens is 126 g/mol. The zero-order chi connectivity index (χ0) is 6.78. The Morgan fingerprint density at radius 3 is 1.78 bits per heavy atom. The SMILES string of the molecule is CCC(N)C(O)(O)O.O. The zero-order valence-electron chi connectivity index (χ0n) is 5.20. The van der Waals surface area contributed by atoms with Crippen LogP contribution in [0.5, 0.6) is 0 Å². The molecule has 0 radical (unpaired) electrons. The van der Waals surface area contributed by atoms with Crippen LogP contribution >= 0.6 is 0 Å². The summed E-state index contributed by atoms with van der Waals surface area (Å²) < 4.78 is 0. The van der Waals surface area contributed by atoms with E-state index in [1.54, 1.807) is 6.92 Å². The number of hydrogen-bond acceptors (Lipinski definition) is 4. The summed E-state index contributed by atoms with van der Waals surface area (Å²) in [4.78, 5) is 0. The highest BCUT2D eigenvalue weighted by Gasteiger charge is 2.26. The van der Waals surface area contributed by atoms with E-state index in [0.717, 1.165) is 0 Å². The maximum Gasteiger partial charge on any atom is 0.291 e. The van der Waals surface area contributed by atoms with Crippen LogP contribution in [0.25, 0.3) is 0 Å². The second-order valence-corrected chi connectivity index (χ2v) is 1.70. The van der Waals surface area contributed by atoms with E-state index < -0.39 is 12.0 Å². The molecule has 9 heavy (non-hydrogen) atoms. The molecule has 0 aromatic carbocycles. The highest BCUT2D eigenvalue weighted by Crippen LogP contribution is 2.00. The van der Waals surface area contributed by atoms with Gasteiger partial charge in [-0.2, -0.15) is 0 Å². The summed E-state index contributed by atoms with van der Waals surface area (Å²) in [5.74, 6) is -2.71. The van der Waals surface area contributed by atoms with Gasteiger partial charge in [-0.1, -0.05) is 6.92 Å². The van der Waals surface area contributed by atoms with Crippen LogP contribution in [0.15, 0.2) is 0 Å². The topological polar surface area (TPSA) is 118 Å². The van der Waals surface area contributed by atoms with Crippen molar-refractivity contribution in [2.75, 3.05) is 0 Å². The van der Waals surface area contributed by atoms with Gasteiger partial charge in [-0.25, -0.2) is 0 Å². The predicted octanol–water partition coefficient (Wildman–Crippen LogP) is -2.47. The van der Waals surface area contributed by atoms with Crippen LogP contribution in [0, 0.1) is 0 Å². The normalized spacial score (nSPS) is 14.3. The molecule has 0 spiro atoms. The van der Waals surface area contributed by atoms with Crippen molar-refractivity contribution in [1.82, 2.24) is 0 Å². The minimum atomic E-state index is -2.71. The van der Waals surface area contributed by atoms with Crippen LogP contribution in [0.2, 0.25) is 0 Å². The van der Waals surface area contributed by atoms with Crippen LogP contribution in [0.4, 0.5) is 0 Å². The van der Waals surface area contributed by atoms with Crippen molar-refractivity contribution in [3.63, 3.8) is 0 Å². The predicted molar refractivity (Wildman–Crippen MR) is 31.3 cm³/mol. The van der Waals surface area contributed by atoms with Gasteiger partial charge in [0.05, 0.1) is 6.04 Å². The lowest BCUT2D eigenvalue weighted by atomic mass is 10.2. The largest absolute Gasteiger partial charge is 0.412 e. The van der Waals surface area contributed by atoms with E-state index in [1.165, 1.54) is 0 Å². The third-order valence-corrected chi connectivity index (χ3v) is 0.937. The van der Waals surface area contributed by atoms with Crippen molar-refractivity contribution in [1.29, 1.82) is 0 Å². The highest BCUT2D eigenvalue weighted by atomic mass is 16.7. The molecule has 0 aliphatic heterocycles. The van der Waals surface area contributed by atoms with Gasteiger partial charge in [0.1, 0.15) is 0 Å². The summed E-state index contributed by atoms with van der Waals surface area (Å²) in [5.41, 5.74) is 5.00. The summed E-state index contributed by atoms with van der Waals surface area (Å²) in [7, 11) is 0. The number of aliphatic hydroxyl groups is 3. The Hall–Kier alpha value is -0.200. The van der Waals surface area contributed by atoms with E-state index in [2.05, 4.69) is 0 Å². The molecule has 5 heteroatoms. The number of hydrogen-bond donors (Lipinski definition) is 4. The summed E-state index contributed by atoms with van der Waals surface area (Å²) >= 11 is 0. The first-order valence-corrected chi connectivity index (χ1v) is 2.41. The first-order valence-electron chi connectivity index (χ1n) is 2.41. The molecule has 0 aromatic heterocycles. The molecule has 0 saturated carbocycles. The Morgan fingerprint density at radius 2 is 1.78 bits per heavy atom. The van der Waals surface area contributed by atoms with Crippen LogP contribution in [-0.2, 0) is 0 Å². The first-order chi connectivity index (χ1) is 3.48. The Morgan fingerprint density at radius 1 is 1.44 bits per heavy atom. The third-order valence-electron chi connectivity index (χ3n) is 0.937. The molecule has 0 saturated heterocycles. The van der Waals surface area contributed by atoms with Crippen molar-refractivity contribution < 1.29 is 20.8 Å². The molecule has 1 atom stereocenters. The molecular formula is C4H13NO4. The third kappa shape index (κ3) is 4.31. The van der Waals surface area contributed by atoms with Crippen LogP contribution in [-0.4, -0.2) is 32.8 Å². The van der Waals surface area contributed by atoms with Gasteiger partial charge in [-0.15, -0.1) is 0 Å². The fourth-order valence-electron chi connectivity index (χ4n) is 0.274. The average molecular weight is 139 g/mol. The first kappa shape index (κ1) is 11.6. The van der Waals surface area contributed by atoms with Gasteiger partial charge in [0.15, 0.2) is 0 Å². The van der Waals surface area contributed by atoms with E-state index in [9.17, 15) is 0 Å². The molecule has 0 fully saturated rings. The standard InChI is InChI=1S/C4H11NO3.H2O/c1-2-3(5)4(6,7)8;/h3,6-8H,2,5H2,1H3;1H2. The minimum Gasteiger partial charge on any atom is -0.412 e. The van der Waals surface area contributed by atoms with Gasteiger partial charge in [0.25, 0.3) is 5.97 Å². The summed E-state index contributed by atoms with van der Waals surface area (Å²) in [5, 5.41) is 24.8. The molecule has 0 bridgehead atoms. The second-order valence-electron chi connectivity index (χ2n) is 1.70. The van der Waals surface area contributed by atoms with Crippen molar-refractivity contribution in [2.45, 2.75) is 25.4 Å². The van der Waals surface area contributed by atoms with Gasteiger partial charge in [0.2, 0.25) is 0 Å². The number of rotatable bonds is 2. The van der Waals surface area contributed by atoms with Gasteiger partial charge in [-0.05, 0) is 6.42 Å². The van der Waals surface area contributed by atoms with Crippen molar-refractivity contribution in [2.24, 2.45) is 5.73 Å². The molecule has 0 aromatic rings. The minimum absolute atomic E-state index is 0. The number of nitrogens with two attached hydrogens (primary N) is 1. The summed E-state index contributed by atoms with van der Waals surface area (Å²) in [6.07, 6.45) is 0.323. The lowest BCUT2D eigenvalue weighted by Crippen LogP contribution is -2.47. The molecule has 0 heterocycles. The monoisotopic (exact) mass is 139 g/mol. The molecule has 0 aliphatic carbocycles. The molecule has 7 N–H and O–H groups in total. The Bertz CT molecular complexity index is 69.5. The van der Waals surface area contributed by atoms with Gasteiger partial charge >= 0.3 is 0 Å². The van der Waals surface area contributed by atoms with Crippen molar-refractivity contribution in [3.8, 4) is 0 Å². The Kier molecular flexibility index (Phi) is 4.83. The van der Waals surface area contributed by atoms with Crippen LogP contribution in [0.1, 0.15) is 13.3 Å².